The van der Waals surface area contributed by atoms with Crippen molar-refractivity contribution in [3.8, 4) is 5.75 Å². The van der Waals surface area contributed by atoms with E-state index in [9.17, 15) is 27.6 Å². The molecule has 198 valence electrons. The van der Waals surface area contributed by atoms with E-state index in [1.165, 1.54) is 6.20 Å². The van der Waals surface area contributed by atoms with Crippen LogP contribution in [-0.4, -0.2) is 52.7 Å². The Morgan fingerprint density at radius 3 is 2.59 bits per heavy atom. The van der Waals surface area contributed by atoms with Gasteiger partial charge in [0.05, 0.1) is 19.3 Å². The predicted molar refractivity (Wildman–Crippen MR) is 126 cm³/mol. The highest BCUT2D eigenvalue weighted by Crippen LogP contribution is 2.48. The van der Waals surface area contributed by atoms with Crippen molar-refractivity contribution in [1.82, 2.24) is 14.8 Å². The van der Waals surface area contributed by atoms with Crippen LogP contribution in [0.4, 0.5) is 13.2 Å². The molecule has 1 aromatic carbocycles. The first-order chi connectivity index (χ1) is 17.7. The second-order valence-electron chi connectivity index (χ2n) is 9.90. The number of carbonyl (C=O) groups is 2. The molecule has 3 atom stereocenters. The van der Waals surface area contributed by atoms with E-state index < -0.39 is 46.5 Å². The minimum atomic E-state index is -1.16. The monoisotopic (exact) mass is 519 g/mol. The van der Waals surface area contributed by atoms with Gasteiger partial charge < -0.3 is 24.3 Å². The molecular weight excluding hydrogens is 491 g/mol. The van der Waals surface area contributed by atoms with Crippen molar-refractivity contribution < 1.29 is 32.2 Å². The molecule has 3 aliphatic rings. The fourth-order valence-corrected chi connectivity index (χ4v) is 5.18. The number of carbonyl (C=O) groups excluding carboxylic acids is 2. The fourth-order valence-electron chi connectivity index (χ4n) is 5.18. The number of hydrogen-bond acceptors (Lipinski definition) is 5. The Kier molecular flexibility index (Phi) is 6.51. The predicted octanol–water partition coefficient (Wildman–Crippen LogP) is 3.32. The Morgan fingerprint density at radius 1 is 1.24 bits per heavy atom. The third-order valence-corrected chi connectivity index (χ3v) is 7.52. The largest absolute Gasteiger partial charge is 0.487 e. The van der Waals surface area contributed by atoms with Gasteiger partial charge in [0, 0.05) is 43.0 Å². The molecular formula is C26H28F3N3O5. The third-order valence-electron chi connectivity index (χ3n) is 7.52. The van der Waals surface area contributed by atoms with E-state index in [2.05, 4.69) is 5.32 Å². The molecule has 1 spiro atoms. The van der Waals surface area contributed by atoms with Gasteiger partial charge in [0.2, 0.25) is 5.43 Å². The van der Waals surface area contributed by atoms with Gasteiger partial charge in [-0.25, -0.2) is 13.2 Å². The number of benzene rings is 1. The van der Waals surface area contributed by atoms with Crippen LogP contribution >= 0.6 is 0 Å². The number of amides is 2. The van der Waals surface area contributed by atoms with Crippen molar-refractivity contribution >= 4 is 11.8 Å². The first-order valence-electron chi connectivity index (χ1n) is 12.5. The van der Waals surface area contributed by atoms with Gasteiger partial charge in [-0.05, 0) is 26.2 Å². The molecule has 2 aromatic rings. The average molecular weight is 520 g/mol. The Hall–Kier alpha value is -3.34. The minimum absolute atomic E-state index is 0.0607. The lowest BCUT2D eigenvalue weighted by Gasteiger charge is -2.38. The molecule has 11 heteroatoms. The van der Waals surface area contributed by atoms with E-state index >= 15 is 0 Å². The summed E-state index contributed by atoms with van der Waals surface area (Å²) in [5.74, 6) is -4.87. The molecule has 2 fully saturated rings. The molecule has 0 radical (unpaired) electrons. The molecule has 8 nitrogen and oxygen atoms in total. The van der Waals surface area contributed by atoms with Crippen molar-refractivity contribution in [2.45, 2.75) is 63.8 Å². The van der Waals surface area contributed by atoms with Crippen LogP contribution in [-0.2, 0) is 11.3 Å². The number of halogens is 3. The van der Waals surface area contributed by atoms with Crippen LogP contribution in [0.25, 0.3) is 0 Å². The number of aromatic nitrogens is 1. The van der Waals surface area contributed by atoms with Gasteiger partial charge in [-0.1, -0.05) is 13.3 Å². The number of nitrogens with zero attached hydrogens (tertiary/aromatic N) is 2. The maximum atomic E-state index is 14.1. The summed E-state index contributed by atoms with van der Waals surface area (Å²) in [6.07, 6.45) is 4.18. The fraction of sp³-hybridized carbons (Fsp3) is 0.500. The molecule has 1 aromatic heterocycles. The van der Waals surface area contributed by atoms with Gasteiger partial charge >= 0.3 is 0 Å². The second kappa shape index (κ2) is 9.51. The van der Waals surface area contributed by atoms with Crippen molar-refractivity contribution in [2.75, 3.05) is 19.8 Å². The Labute approximate surface area is 211 Å². The minimum Gasteiger partial charge on any atom is -0.487 e. The zero-order chi connectivity index (χ0) is 26.5. The van der Waals surface area contributed by atoms with Crippen LogP contribution in [0.5, 0.6) is 5.75 Å². The molecule has 0 aliphatic carbocycles. The maximum absolute atomic E-state index is 14.1. The van der Waals surface area contributed by atoms with Crippen LogP contribution in [0, 0.1) is 17.5 Å². The average Bonchev–Trinajstić information content (AvgIpc) is 3.65. The zero-order valence-corrected chi connectivity index (χ0v) is 20.6. The maximum Gasteiger partial charge on any atom is 0.274 e. The van der Waals surface area contributed by atoms with E-state index in [1.807, 2.05) is 13.8 Å². The molecule has 0 saturated carbocycles. The summed E-state index contributed by atoms with van der Waals surface area (Å²) >= 11 is 0. The molecule has 37 heavy (non-hydrogen) atoms. The molecule has 4 heterocycles. The Balaban J connectivity index is 1.56. The standard InChI is InChI=1S/C26H28F3N3O5/c1-3-4-7-36-23-21-25(35)31-12-20(26(13-37-26)6-5-14(31)2)32(21)11-17(22(23)33)24(34)30-10-16-18(28)8-15(27)9-19(16)29/h8-9,11,14,20H,3-7,10,12-13H2,1-2H3,(H,30,34)/t14-,20+,26+/m0/s1. The van der Waals surface area contributed by atoms with Crippen molar-refractivity contribution in [2.24, 2.45) is 0 Å². The number of ether oxygens (including phenoxy) is 2. The molecule has 2 amide bonds. The van der Waals surface area contributed by atoms with Gasteiger partial charge in [-0.2, -0.15) is 0 Å². The first kappa shape index (κ1) is 25.3. The Morgan fingerprint density at radius 2 is 1.95 bits per heavy atom. The number of unbranched alkanes of at least 4 members (excludes halogenated alkanes) is 1. The number of rotatable bonds is 7. The number of hydrogen-bond donors (Lipinski definition) is 1. The molecule has 0 unspecified atom stereocenters. The SMILES string of the molecule is CCCCOc1c2n(cc(C(=O)NCc3c(F)cc(F)cc3F)c1=O)[C@@H]1CN(C2=O)[C@@H](C)CC[C@@]12CO2. The Bertz CT molecular complexity index is 1300. The summed E-state index contributed by atoms with van der Waals surface area (Å²) in [6.45, 7) is 4.32. The molecule has 3 aliphatic heterocycles. The van der Waals surface area contributed by atoms with Gasteiger partial charge in [0.25, 0.3) is 11.8 Å². The van der Waals surface area contributed by atoms with Crippen LogP contribution in [0.15, 0.2) is 23.1 Å². The highest BCUT2D eigenvalue weighted by molar-refractivity contribution is 5.99. The quantitative estimate of drug-likeness (QED) is 0.448. The molecule has 5 rings (SSSR count). The van der Waals surface area contributed by atoms with Crippen LogP contribution in [0.2, 0.25) is 0 Å². The van der Waals surface area contributed by atoms with Crippen LogP contribution < -0.4 is 15.5 Å². The second-order valence-corrected chi connectivity index (χ2v) is 9.90. The first-order valence-corrected chi connectivity index (χ1v) is 12.5. The number of fused-ring (bicyclic) bond motifs is 5. The summed E-state index contributed by atoms with van der Waals surface area (Å²) in [5.41, 5.74) is -2.09. The number of pyridine rings is 1. The summed E-state index contributed by atoms with van der Waals surface area (Å²) in [6, 6.07) is 0.627. The molecule has 2 bridgehead atoms. The highest BCUT2D eigenvalue weighted by Gasteiger charge is 2.57. The zero-order valence-electron chi connectivity index (χ0n) is 20.6. The number of epoxide rings is 1. The van der Waals surface area contributed by atoms with Crippen molar-refractivity contribution in [3.63, 3.8) is 0 Å². The van der Waals surface area contributed by atoms with Crippen molar-refractivity contribution in [1.29, 1.82) is 0 Å². The summed E-state index contributed by atoms with van der Waals surface area (Å²) in [7, 11) is 0. The van der Waals surface area contributed by atoms with E-state index in [-0.39, 0.29) is 41.6 Å². The summed E-state index contributed by atoms with van der Waals surface area (Å²) < 4.78 is 54.7. The lowest BCUT2D eigenvalue weighted by atomic mass is 9.94. The van der Waals surface area contributed by atoms with E-state index in [0.29, 0.717) is 38.1 Å². The van der Waals surface area contributed by atoms with Gasteiger partial charge in [-0.15, -0.1) is 0 Å². The highest BCUT2D eigenvalue weighted by atomic mass is 19.1. The van der Waals surface area contributed by atoms with Gasteiger partial charge in [-0.3, -0.25) is 14.4 Å². The lowest BCUT2D eigenvalue weighted by molar-refractivity contribution is 0.0571. The summed E-state index contributed by atoms with van der Waals surface area (Å²) in [5, 5.41) is 2.34. The van der Waals surface area contributed by atoms with Gasteiger partial charge in [0.15, 0.2) is 11.4 Å². The topological polar surface area (TPSA) is 93.2 Å². The van der Waals surface area contributed by atoms with E-state index in [0.717, 1.165) is 12.8 Å². The van der Waals surface area contributed by atoms with Crippen LogP contribution in [0.3, 0.4) is 0 Å². The third kappa shape index (κ3) is 4.39. The van der Waals surface area contributed by atoms with Crippen LogP contribution in [0.1, 0.15) is 72.0 Å². The van der Waals surface area contributed by atoms with Gasteiger partial charge in [0.1, 0.15) is 28.6 Å². The smallest absolute Gasteiger partial charge is 0.274 e. The lowest BCUT2D eigenvalue weighted by Crippen LogP contribution is -2.50. The normalized spacial score (nSPS) is 24.0. The van der Waals surface area contributed by atoms with Crippen molar-refractivity contribution in [3.05, 3.63) is 62.8 Å². The van der Waals surface area contributed by atoms with E-state index in [1.54, 1.807) is 9.47 Å². The number of nitrogens with one attached hydrogen (secondary N) is 1. The van der Waals surface area contributed by atoms with E-state index in [4.69, 9.17) is 9.47 Å². The molecule has 2 saturated heterocycles. The summed E-state index contributed by atoms with van der Waals surface area (Å²) in [4.78, 5) is 41.9. The molecule has 1 N–H and O–H groups in total.